The highest BCUT2D eigenvalue weighted by atomic mass is 16.6. The number of hydrogen-bond acceptors (Lipinski definition) is 8. The van der Waals surface area contributed by atoms with Crippen molar-refractivity contribution in [2.45, 2.75) is 40.2 Å². The van der Waals surface area contributed by atoms with Gasteiger partial charge in [0.05, 0.1) is 9.85 Å². The number of amides is 1. The van der Waals surface area contributed by atoms with Gasteiger partial charge in [-0.15, -0.1) is 0 Å². The van der Waals surface area contributed by atoms with Gasteiger partial charge in [-0.25, -0.2) is 4.79 Å². The van der Waals surface area contributed by atoms with Crippen LogP contribution in [0.2, 0.25) is 0 Å². The van der Waals surface area contributed by atoms with Crippen LogP contribution in [-0.4, -0.2) is 70.7 Å². The first kappa shape index (κ1) is 23.3. The summed E-state index contributed by atoms with van der Waals surface area (Å²) in [7, 11) is 0. The zero-order chi connectivity index (χ0) is 22.6. The van der Waals surface area contributed by atoms with E-state index in [1.165, 1.54) is 6.07 Å². The fourth-order valence-corrected chi connectivity index (χ4v) is 3.11. The van der Waals surface area contributed by atoms with Crippen LogP contribution in [0.4, 0.5) is 16.2 Å². The molecule has 1 saturated heterocycles. The molecule has 11 nitrogen and oxygen atoms in total. The number of carbonyl (C=O) groups excluding carboxylic acids is 1. The van der Waals surface area contributed by atoms with Crippen molar-refractivity contribution in [3.05, 3.63) is 37.4 Å². The third-order valence-corrected chi connectivity index (χ3v) is 4.80. The minimum Gasteiger partial charge on any atom is -0.481 e. The van der Waals surface area contributed by atoms with E-state index in [0.29, 0.717) is 43.9 Å². The Hall–Kier alpha value is -2.95. The maximum absolute atomic E-state index is 12.1. The molecule has 0 bridgehead atoms. The molecule has 1 fully saturated rings. The van der Waals surface area contributed by atoms with Crippen LogP contribution in [0.25, 0.3) is 0 Å². The summed E-state index contributed by atoms with van der Waals surface area (Å²) in [4.78, 5) is 37.3. The summed E-state index contributed by atoms with van der Waals surface area (Å²) in [6.07, 6.45) is -0.361. The van der Waals surface area contributed by atoms with Gasteiger partial charge in [0.1, 0.15) is 12.2 Å². The number of ether oxygens (including phenoxy) is 2. The molecule has 0 saturated carbocycles. The molecule has 2 rings (SSSR count). The van der Waals surface area contributed by atoms with Crippen molar-refractivity contribution in [1.29, 1.82) is 0 Å². The first-order valence-corrected chi connectivity index (χ1v) is 9.66. The summed E-state index contributed by atoms with van der Waals surface area (Å²) in [6.45, 7) is 11.2. The normalized spacial score (nSPS) is 15.0. The number of carbonyl (C=O) groups is 1. The fraction of sp³-hybridized carbons (Fsp3) is 0.632. The highest BCUT2D eigenvalue weighted by Crippen LogP contribution is 2.41. The Morgan fingerprint density at radius 1 is 1.10 bits per heavy atom. The molecule has 1 aliphatic rings. The quantitative estimate of drug-likeness (QED) is 0.503. The number of nitrogens with zero attached hydrogens (tertiary/aromatic N) is 4. The lowest BCUT2D eigenvalue weighted by Crippen LogP contribution is -2.50. The van der Waals surface area contributed by atoms with Gasteiger partial charge in [-0.3, -0.25) is 25.1 Å². The molecule has 1 aromatic carbocycles. The lowest BCUT2D eigenvalue weighted by molar-refractivity contribution is -0.396. The smallest absolute Gasteiger partial charge is 0.410 e. The van der Waals surface area contributed by atoms with Crippen LogP contribution in [0.15, 0.2) is 6.07 Å². The minimum atomic E-state index is -0.672. The molecule has 0 aromatic heterocycles. The van der Waals surface area contributed by atoms with E-state index in [1.807, 2.05) is 25.7 Å². The van der Waals surface area contributed by atoms with E-state index in [4.69, 9.17) is 9.47 Å². The van der Waals surface area contributed by atoms with Gasteiger partial charge in [0.15, 0.2) is 0 Å². The van der Waals surface area contributed by atoms with E-state index in [1.54, 1.807) is 18.7 Å². The van der Waals surface area contributed by atoms with Crippen LogP contribution in [0.5, 0.6) is 5.75 Å². The summed E-state index contributed by atoms with van der Waals surface area (Å²) >= 11 is 0. The number of nitro benzene ring substituents is 2. The summed E-state index contributed by atoms with van der Waals surface area (Å²) in [5.41, 5.74) is -0.556. The lowest BCUT2D eigenvalue weighted by Gasteiger charge is -2.35. The third-order valence-electron chi connectivity index (χ3n) is 4.80. The SMILES string of the molecule is Cc1cc([N+](=O)[O-])c(OCCN2CCN(C(=O)OC(C)(C)C)CC2)c([N+](=O)[O-])c1C. The average Bonchev–Trinajstić information content (AvgIpc) is 2.63. The molecule has 30 heavy (non-hydrogen) atoms. The van der Waals surface area contributed by atoms with Crippen LogP contribution in [0, 0.1) is 34.1 Å². The van der Waals surface area contributed by atoms with Gasteiger partial charge in [-0.05, 0) is 40.2 Å². The Morgan fingerprint density at radius 3 is 2.20 bits per heavy atom. The van der Waals surface area contributed by atoms with Crippen molar-refractivity contribution >= 4 is 17.5 Å². The van der Waals surface area contributed by atoms with Crippen molar-refractivity contribution in [3.8, 4) is 5.75 Å². The molecule has 11 heteroatoms. The van der Waals surface area contributed by atoms with E-state index >= 15 is 0 Å². The first-order valence-electron chi connectivity index (χ1n) is 9.66. The van der Waals surface area contributed by atoms with Gasteiger partial charge < -0.3 is 14.4 Å². The van der Waals surface area contributed by atoms with Crippen molar-refractivity contribution in [2.75, 3.05) is 39.3 Å². The van der Waals surface area contributed by atoms with Gasteiger partial charge in [0, 0.05) is 44.4 Å². The molecule has 1 heterocycles. The number of hydrogen-bond donors (Lipinski definition) is 0. The molecule has 0 N–H and O–H groups in total. The highest BCUT2D eigenvalue weighted by Gasteiger charge is 2.31. The van der Waals surface area contributed by atoms with Crippen molar-refractivity contribution in [2.24, 2.45) is 0 Å². The monoisotopic (exact) mass is 424 g/mol. The van der Waals surface area contributed by atoms with Crippen LogP contribution >= 0.6 is 0 Å². The second kappa shape index (κ2) is 9.24. The van der Waals surface area contributed by atoms with E-state index in [2.05, 4.69) is 0 Å². The Labute approximate surface area is 174 Å². The molecule has 166 valence electrons. The molecule has 1 aliphatic heterocycles. The third kappa shape index (κ3) is 5.78. The second-order valence-electron chi connectivity index (χ2n) is 8.19. The predicted octanol–water partition coefficient (Wildman–Crippen LogP) is 3.05. The standard InChI is InChI=1S/C19H28N4O7/c1-13-12-15(22(25)26)17(16(14(13)2)23(27)28)29-11-10-20-6-8-21(9-7-20)18(24)30-19(3,4)5/h12H,6-11H2,1-5H3. The molecule has 0 unspecified atom stereocenters. The first-order chi connectivity index (χ1) is 13.9. The Bertz CT molecular complexity index is 827. The molecule has 0 spiro atoms. The summed E-state index contributed by atoms with van der Waals surface area (Å²) < 4.78 is 10.9. The molecule has 0 radical (unpaired) electrons. The van der Waals surface area contributed by atoms with Crippen LogP contribution in [-0.2, 0) is 4.74 Å². The summed E-state index contributed by atoms with van der Waals surface area (Å²) in [5, 5.41) is 22.8. The van der Waals surface area contributed by atoms with E-state index < -0.39 is 21.1 Å². The predicted molar refractivity (Wildman–Crippen MR) is 109 cm³/mol. The highest BCUT2D eigenvalue weighted by molar-refractivity contribution is 5.68. The molecular formula is C19H28N4O7. The summed E-state index contributed by atoms with van der Waals surface area (Å²) in [6, 6.07) is 1.29. The second-order valence-corrected chi connectivity index (χ2v) is 8.19. The van der Waals surface area contributed by atoms with Crippen molar-refractivity contribution < 1.29 is 24.1 Å². The Morgan fingerprint density at radius 2 is 1.70 bits per heavy atom. The van der Waals surface area contributed by atoms with E-state index in [9.17, 15) is 25.0 Å². The Kier molecular flexibility index (Phi) is 7.19. The number of piperazine rings is 1. The maximum atomic E-state index is 12.1. The molecular weight excluding hydrogens is 396 g/mol. The van der Waals surface area contributed by atoms with Gasteiger partial charge in [-0.2, -0.15) is 0 Å². The maximum Gasteiger partial charge on any atom is 0.410 e. The minimum absolute atomic E-state index is 0.0522. The average molecular weight is 424 g/mol. The molecule has 0 atom stereocenters. The van der Waals surface area contributed by atoms with Gasteiger partial charge in [0.2, 0.25) is 0 Å². The largest absolute Gasteiger partial charge is 0.481 e. The van der Waals surface area contributed by atoms with Gasteiger partial charge in [0.25, 0.3) is 5.75 Å². The van der Waals surface area contributed by atoms with Gasteiger partial charge >= 0.3 is 17.5 Å². The molecule has 0 aliphatic carbocycles. The van der Waals surface area contributed by atoms with Crippen LogP contribution < -0.4 is 4.74 Å². The zero-order valence-corrected chi connectivity index (χ0v) is 18.0. The number of benzene rings is 1. The number of aryl methyl sites for hydroxylation is 1. The van der Waals surface area contributed by atoms with Crippen molar-refractivity contribution in [3.63, 3.8) is 0 Å². The molecule has 1 amide bonds. The number of rotatable bonds is 6. The Balaban J connectivity index is 1.98. The zero-order valence-electron chi connectivity index (χ0n) is 18.0. The van der Waals surface area contributed by atoms with E-state index in [0.717, 1.165) is 0 Å². The summed E-state index contributed by atoms with van der Waals surface area (Å²) in [5.74, 6) is -0.319. The fourth-order valence-electron chi connectivity index (χ4n) is 3.11. The van der Waals surface area contributed by atoms with Crippen LogP contribution in [0.3, 0.4) is 0 Å². The lowest BCUT2D eigenvalue weighted by atomic mass is 10.1. The van der Waals surface area contributed by atoms with E-state index in [-0.39, 0.29) is 24.1 Å². The molecule has 1 aromatic rings. The van der Waals surface area contributed by atoms with Gasteiger partial charge in [-0.1, -0.05) is 0 Å². The van der Waals surface area contributed by atoms with Crippen molar-refractivity contribution in [1.82, 2.24) is 9.80 Å². The topological polar surface area (TPSA) is 128 Å². The number of nitro groups is 2. The van der Waals surface area contributed by atoms with Crippen LogP contribution in [0.1, 0.15) is 31.9 Å².